The first-order valence-corrected chi connectivity index (χ1v) is 10.5. The largest absolute Gasteiger partial charge is 0.396 e. The molecule has 0 bridgehead atoms. The number of aliphatic hydroxyl groups excluding tert-OH is 1. The van der Waals surface area contributed by atoms with Gasteiger partial charge in [-0.25, -0.2) is 0 Å². The van der Waals surface area contributed by atoms with Gasteiger partial charge in [0.25, 0.3) is 0 Å². The van der Waals surface area contributed by atoms with Crippen LogP contribution >= 0.6 is 0 Å². The number of piperidine rings is 1. The fourth-order valence-electron chi connectivity index (χ4n) is 4.48. The van der Waals surface area contributed by atoms with E-state index in [1.807, 2.05) is 0 Å². The molecule has 0 saturated carbocycles. The average molecular weight is 370 g/mol. The zero-order valence-electron chi connectivity index (χ0n) is 17.2. The molecule has 0 aliphatic carbocycles. The Morgan fingerprint density at radius 2 is 1.81 bits per heavy atom. The first-order valence-electron chi connectivity index (χ1n) is 10.5. The first kappa shape index (κ1) is 20.1. The molecule has 27 heavy (non-hydrogen) atoms. The van der Waals surface area contributed by atoms with E-state index in [0.717, 1.165) is 64.0 Å². The third-order valence-electron chi connectivity index (χ3n) is 6.48. The molecular weight excluding hydrogens is 334 g/mol. The van der Waals surface area contributed by atoms with Crippen LogP contribution in [0.5, 0.6) is 0 Å². The predicted octanol–water partition coefficient (Wildman–Crippen LogP) is 4.12. The molecule has 4 heteroatoms. The molecule has 1 aliphatic heterocycles. The van der Waals surface area contributed by atoms with Crippen LogP contribution < -0.4 is 0 Å². The van der Waals surface area contributed by atoms with Crippen molar-refractivity contribution in [3.63, 3.8) is 0 Å². The van der Waals surface area contributed by atoms with Crippen LogP contribution in [-0.4, -0.2) is 39.5 Å². The van der Waals surface area contributed by atoms with Crippen LogP contribution in [0.1, 0.15) is 55.1 Å². The SMILES string of the molecule is CCn1nc(C)c(CN2CCC(CO)(CCCc3ccccc3)CC2)c1C. The van der Waals surface area contributed by atoms with Gasteiger partial charge in [0, 0.05) is 31.0 Å². The number of likely N-dealkylation sites (tertiary alicyclic amines) is 1. The second-order valence-electron chi connectivity index (χ2n) is 8.24. The van der Waals surface area contributed by atoms with Crippen LogP contribution in [0.4, 0.5) is 0 Å². The van der Waals surface area contributed by atoms with E-state index in [0.29, 0.717) is 6.61 Å². The van der Waals surface area contributed by atoms with E-state index in [4.69, 9.17) is 0 Å². The highest BCUT2D eigenvalue weighted by Crippen LogP contribution is 2.36. The summed E-state index contributed by atoms with van der Waals surface area (Å²) in [6.07, 6.45) is 5.58. The monoisotopic (exact) mass is 369 g/mol. The molecule has 3 rings (SSSR count). The second kappa shape index (κ2) is 9.03. The molecule has 148 valence electrons. The average Bonchev–Trinajstić information content (AvgIpc) is 2.98. The quantitative estimate of drug-likeness (QED) is 0.761. The Hall–Kier alpha value is -1.65. The standard InChI is InChI=1S/C23H35N3O/c1-4-26-20(3)22(19(2)24-26)17-25-15-13-23(18-27,14-16-25)12-8-11-21-9-6-5-7-10-21/h5-7,9-10,27H,4,8,11-18H2,1-3H3. The van der Waals surface area contributed by atoms with E-state index < -0.39 is 0 Å². The molecule has 2 aromatic rings. The van der Waals surface area contributed by atoms with Crippen molar-refractivity contribution in [2.24, 2.45) is 5.41 Å². The third-order valence-corrected chi connectivity index (χ3v) is 6.48. The fourth-order valence-corrected chi connectivity index (χ4v) is 4.48. The highest BCUT2D eigenvalue weighted by atomic mass is 16.3. The number of hydrogen-bond donors (Lipinski definition) is 1. The molecule has 0 unspecified atom stereocenters. The van der Waals surface area contributed by atoms with Crippen LogP contribution in [0.15, 0.2) is 30.3 Å². The van der Waals surface area contributed by atoms with Gasteiger partial charge < -0.3 is 5.11 Å². The summed E-state index contributed by atoms with van der Waals surface area (Å²) in [5.41, 5.74) is 5.37. The Bertz CT molecular complexity index is 715. The Morgan fingerprint density at radius 1 is 1.11 bits per heavy atom. The molecule has 1 fully saturated rings. The van der Waals surface area contributed by atoms with E-state index in [2.05, 4.69) is 65.8 Å². The number of hydrogen-bond acceptors (Lipinski definition) is 3. The molecule has 0 atom stereocenters. The van der Waals surface area contributed by atoms with Gasteiger partial charge in [0.2, 0.25) is 0 Å². The maximum Gasteiger partial charge on any atom is 0.0641 e. The minimum Gasteiger partial charge on any atom is -0.396 e. The van der Waals surface area contributed by atoms with E-state index in [1.54, 1.807) is 0 Å². The molecule has 2 heterocycles. The van der Waals surface area contributed by atoms with Crippen molar-refractivity contribution in [1.82, 2.24) is 14.7 Å². The van der Waals surface area contributed by atoms with Crippen LogP contribution in [0, 0.1) is 19.3 Å². The van der Waals surface area contributed by atoms with E-state index in [1.165, 1.54) is 16.8 Å². The van der Waals surface area contributed by atoms with E-state index in [9.17, 15) is 5.11 Å². The number of aryl methyl sites for hydroxylation is 3. The first-order chi connectivity index (χ1) is 13.1. The van der Waals surface area contributed by atoms with Gasteiger partial charge in [0.15, 0.2) is 0 Å². The lowest BCUT2D eigenvalue weighted by Crippen LogP contribution is -2.41. The molecule has 1 aliphatic rings. The zero-order valence-corrected chi connectivity index (χ0v) is 17.2. The number of nitrogens with zero attached hydrogens (tertiary/aromatic N) is 3. The van der Waals surface area contributed by atoms with Gasteiger partial charge in [-0.3, -0.25) is 9.58 Å². The Balaban J connectivity index is 1.52. The third kappa shape index (κ3) is 4.80. The number of aliphatic hydroxyl groups is 1. The normalized spacial score (nSPS) is 17.3. The smallest absolute Gasteiger partial charge is 0.0641 e. The Kier molecular flexibility index (Phi) is 6.72. The van der Waals surface area contributed by atoms with Gasteiger partial charge >= 0.3 is 0 Å². The number of rotatable bonds is 8. The van der Waals surface area contributed by atoms with Crippen LogP contribution in [0.25, 0.3) is 0 Å². The van der Waals surface area contributed by atoms with Gasteiger partial charge in [-0.15, -0.1) is 0 Å². The van der Waals surface area contributed by atoms with Gasteiger partial charge in [-0.2, -0.15) is 5.10 Å². The molecule has 1 N–H and O–H groups in total. The minimum absolute atomic E-state index is 0.114. The molecule has 0 spiro atoms. The van der Waals surface area contributed by atoms with Crippen molar-refractivity contribution in [3.8, 4) is 0 Å². The van der Waals surface area contributed by atoms with E-state index in [-0.39, 0.29) is 5.41 Å². The van der Waals surface area contributed by atoms with Crippen LogP contribution in [0.2, 0.25) is 0 Å². The van der Waals surface area contributed by atoms with Crippen molar-refractivity contribution in [2.75, 3.05) is 19.7 Å². The number of aromatic nitrogens is 2. The van der Waals surface area contributed by atoms with Gasteiger partial charge in [-0.1, -0.05) is 30.3 Å². The molecule has 1 aromatic carbocycles. The topological polar surface area (TPSA) is 41.3 Å². The van der Waals surface area contributed by atoms with Gasteiger partial charge in [-0.05, 0) is 76.9 Å². The lowest BCUT2D eigenvalue weighted by Gasteiger charge is -2.41. The highest BCUT2D eigenvalue weighted by molar-refractivity contribution is 5.24. The summed E-state index contributed by atoms with van der Waals surface area (Å²) in [4.78, 5) is 2.54. The maximum atomic E-state index is 10.1. The molecule has 0 radical (unpaired) electrons. The minimum atomic E-state index is 0.114. The summed E-state index contributed by atoms with van der Waals surface area (Å²) in [5.74, 6) is 0. The lowest BCUT2D eigenvalue weighted by atomic mass is 9.75. The molecule has 1 aromatic heterocycles. The number of benzene rings is 1. The van der Waals surface area contributed by atoms with Crippen molar-refractivity contribution in [2.45, 2.75) is 66.0 Å². The summed E-state index contributed by atoms with van der Waals surface area (Å²) in [6.45, 7) is 10.8. The van der Waals surface area contributed by atoms with Crippen molar-refractivity contribution in [3.05, 3.63) is 52.8 Å². The Labute approximate surface area is 164 Å². The lowest BCUT2D eigenvalue weighted by molar-refractivity contribution is 0.0329. The van der Waals surface area contributed by atoms with Crippen LogP contribution in [0.3, 0.4) is 0 Å². The summed E-state index contributed by atoms with van der Waals surface area (Å²) in [7, 11) is 0. The fraction of sp³-hybridized carbons (Fsp3) is 0.609. The van der Waals surface area contributed by atoms with Crippen molar-refractivity contribution in [1.29, 1.82) is 0 Å². The van der Waals surface area contributed by atoms with E-state index >= 15 is 0 Å². The van der Waals surface area contributed by atoms with Crippen molar-refractivity contribution >= 4 is 0 Å². The second-order valence-corrected chi connectivity index (χ2v) is 8.24. The summed E-state index contributed by atoms with van der Waals surface area (Å²) < 4.78 is 2.11. The summed E-state index contributed by atoms with van der Waals surface area (Å²) in [6, 6.07) is 10.7. The maximum absolute atomic E-state index is 10.1. The van der Waals surface area contributed by atoms with Gasteiger partial charge in [0.1, 0.15) is 0 Å². The molecule has 1 saturated heterocycles. The zero-order chi connectivity index (χ0) is 19.3. The van der Waals surface area contributed by atoms with Gasteiger partial charge in [0.05, 0.1) is 5.69 Å². The summed E-state index contributed by atoms with van der Waals surface area (Å²) in [5, 5.41) is 14.8. The highest BCUT2D eigenvalue weighted by Gasteiger charge is 2.33. The van der Waals surface area contributed by atoms with Crippen LogP contribution in [-0.2, 0) is 19.5 Å². The predicted molar refractivity (Wildman–Crippen MR) is 111 cm³/mol. The molecule has 4 nitrogen and oxygen atoms in total. The molecule has 0 amide bonds. The molecular formula is C23H35N3O. The Morgan fingerprint density at radius 3 is 2.41 bits per heavy atom. The van der Waals surface area contributed by atoms with Crippen molar-refractivity contribution < 1.29 is 5.11 Å². The summed E-state index contributed by atoms with van der Waals surface area (Å²) >= 11 is 0.